The summed E-state index contributed by atoms with van der Waals surface area (Å²) in [6.45, 7) is 5.42. The molecule has 0 aliphatic rings. The molecular weight excluding hydrogens is 749 g/mol. The number of aromatic hydroxyl groups is 1. The molecule has 2 N–H and O–H groups in total. The quantitative estimate of drug-likeness (QED) is 0.113. The molecule has 16 heteroatoms. The molecule has 0 bridgehead atoms. The number of nitriles is 1. The summed E-state index contributed by atoms with van der Waals surface area (Å²) in [6, 6.07) is 32.1. The van der Waals surface area contributed by atoms with Gasteiger partial charge in [0.2, 0.25) is 11.0 Å². The van der Waals surface area contributed by atoms with E-state index < -0.39 is 10.1 Å². The van der Waals surface area contributed by atoms with Crippen molar-refractivity contribution < 1.29 is 18.1 Å². The van der Waals surface area contributed by atoms with E-state index in [0.717, 1.165) is 16.7 Å². The SMILES string of the molecule is Cc1cc(N=Nc2c(C)c(C#N)c3nc4ccccc4n3c2O)c(C)cc1N=Nc1nc(-c2ccccc2)c(N=Nc2ccc3cccc(S(=O)(=O)O)c3c2)s1. The van der Waals surface area contributed by atoms with Gasteiger partial charge in [-0.3, -0.25) is 8.95 Å². The second-order valence-corrected chi connectivity index (χ2v) is 15.1. The summed E-state index contributed by atoms with van der Waals surface area (Å²) in [7, 11) is -4.46. The number of hydrogen-bond donors (Lipinski definition) is 2. The number of benzene rings is 5. The fourth-order valence-electron chi connectivity index (χ4n) is 6.24. The largest absolute Gasteiger partial charge is 0.493 e. The Labute approximate surface area is 323 Å². The molecule has 0 saturated carbocycles. The van der Waals surface area contributed by atoms with Crippen molar-refractivity contribution in [3.63, 3.8) is 0 Å². The minimum absolute atomic E-state index is 0.160. The van der Waals surface area contributed by atoms with Crippen LogP contribution < -0.4 is 0 Å². The summed E-state index contributed by atoms with van der Waals surface area (Å²) in [6.07, 6.45) is 0. The van der Waals surface area contributed by atoms with Crippen LogP contribution in [-0.2, 0) is 10.1 Å². The second-order valence-electron chi connectivity index (χ2n) is 12.7. The molecule has 0 spiro atoms. The number of pyridine rings is 1. The van der Waals surface area contributed by atoms with Crippen molar-refractivity contribution >= 4 is 81.8 Å². The molecule has 8 aromatic rings. The van der Waals surface area contributed by atoms with E-state index in [4.69, 9.17) is 4.98 Å². The highest BCUT2D eigenvalue weighted by Gasteiger charge is 2.21. The maximum atomic E-state index is 12.0. The van der Waals surface area contributed by atoms with Crippen molar-refractivity contribution in [2.75, 3.05) is 0 Å². The van der Waals surface area contributed by atoms with Crippen LogP contribution in [0.2, 0.25) is 0 Å². The molecule has 3 heterocycles. The number of aromatic nitrogens is 3. The topological polar surface area (TPSA) is 203 Å². The Hall–Kier alpha value is -7.06. The summed E-state index contributed by atoms with van der Waals surface area (Å²) in [5, 5.41) is 49.7. The predicted octanol–water partition coefficient (Wildman–Crippen LogP) is 11.8. The van der Waals surface area contributed by atoms with E-state index in [1.807, 2.05) is 80.6 Å². The lowest BCUT2D eigenvalue weighted by atomic mass is 10.1. The highest BCUT2D eigenvalue weighted by atomic mass is 32.2. The zero-order valence-electron chi connectivity index (χ0n) is 29.8. The van der Waals surface area contributed by atoms with Gasteiger partial charge in [-0.05, 0) is 79.7 Å². The van der Waals surface area contributed by atoms with Gasteiger partial charge in [0.05, 0.1) is 28.1 Å². The van der Waals surface area contributed by atoms with Gasteiger partial charge >= 0.3 is 0 Å². The summed E-state index contributed by atoms with van der Waals surface area (Å²) in [5.41, 5.74) is 6.84. The van der Waals surface area contributed by atoms with Crippen LogP contribution in [0.4, 0.5) is 32.9 Å². The van der Waals surface area contributed by atoms with E-state index in [2.05, 4.69) is 41.7 Å². The molecule has 8 rings (SSSR count). The Kier molecular flexibility index (Phi) is 9.18. The molecule has 0 unspecified atom stereocenters. The zero-order valence-corrected chi connectivity index (χ0v) is 31.4. The van der Waals surface area contributed by atoms with Crippen LogP contribution in [0.25, 0.3) is 38.7 Å². The Morgan fingerprint density at radius 1 is 0.768 bits per heavy atom. The van der Waals surface area contributed by atoms with Gasteiger partial charge in [-0.15, -0.1) is 25.6 Å². The molecule has 5 aromatic carbocycles. The summed E-state index contributed by atoms with van der Waals surface area (Å²) in [4.78, 5) is 9.05. The zero-order chi connectivity index (χ0) is 39.1. The number of azo groups is 3. The maximum absolute atomic E-state index is 12.0. The standard InChI is InChI=1S/C40H28N10O4S2/c1-22-19-32(23(2)18-31(22)45-47-35-24(3)29(21-41)37-42-30-13-7-8-14-33(30)50(37)39(35)51)46-49-40-43-36(26-10-5-4-6-11-26)38(55-40)48-44-27-17-16-25-12-9-15-34(28(25)20-27)56(52,53)54/h4-20,51H,1-3H3,(H,52,53,54). The number of fused-ring (bicyclic) bond motifs is 4. The van der Waals surface area contributed by atoms with E-state index in [0.29, 0.717) is 71.5 Å². The van der Waals surface area contributed by atoms with Crippen molar-refractivity contribution in [1.29, 1.82) is 5.26 Å². The molecule has 56 heavy (non-hydrogen) atoms. The van der Waals surface area contributed by atoms with Crippen LogP contribution in [0.5, 0.6) is 5.88 Å². The van der Waals surface area contributed by atoms with Crippen molar-refractivity contribution in [3.8, 4) is 23.2 Å². The normalized spacial score (nSPS) is 12.3. The monoisotopic (exact) mass is 776 g/mol. The number of aryl methyl sites for hydroxylation is 2. The average Bonchev–Trinajstić information content (AvgIpc) is 3.79. The fourth-order valence-corrected chi connectivity index (χ4v) is 7.68. The molecule has 0 aliphatic heterocycles. The number of hydrogen-bond acceptors (Lipinski definition) is 13. The van der Waals surface area contributed by atoms with Crippen molar-refractivity contribution in [1.82, 2.24) is 14.4 Å². The van der Waals surface area contributed by atoms with E-state index in [-0.39, 0.29) is 16.5 Å². The summed E-state index contributed by atoms with van der Waals surface area (Å²) < 4.78 is 35.2. The molecule has 274 valence electrons. The van der Waals surface area contributed by atoms with Crippen LogP contribution in [0.1, 0.15) is 22.3 Å². The highest BCUT2D eigenvalue weighted by molar-refractivity contribution is 7.86. The lowest BCUT2D eigenvalue weighted by molar-refractivity contribution is 0.449. The van der Waals surface area contributed by atoms with Crippen molar-refractivity contribution in [2.24, 2.45) is 30.7 Å². The molecule has 0 radical (unpaired) electrons. The van der Waals surface area contributed by atoms with Crippen molar-refractivity contribution in [2.45, 2.75) is 25.7 Å². The molecule has 0 aliphatic carbocycles. The highest BCUT2D eigenvalue weighted by Crippen LogP contribution is 2.42. The average molecular weight is 777 g/mol. The van der Waals surface area contributed by atoms with Gasteiger partial charge in [0.25, 0.3) is 10.1 Å². The Morgan fingerprint density at radius 2 is 1.48 bits per heavy atom. The fraction of sp³-hybridized carbons (Fsp3) is 0.0750. The minimum Gasteiger partial charge on any atom is -0.493 e. The van der Waals surface area contributed by atoms with Crippen LogP contribution >= 0.6 is 11.3 Å². The number of rotatable bonds is 8. The van der Waals surface area contributed by atoms with E-state index in [1.165, 1.54) is 21.8 Å². The van der Waals surface area contributed by atoms with Crippen LogP contribution in [0.3, 0.4) is 0 Å². The number of thiazole rings is 1. The Balaban J connectivity index is 1.10. The van der Waals surface area contributed by atoms with Gasteiger partial charge in [0.15, 0.2) is 16.3 Å². The first-order chi connectivity index (χ1) is 27.0. The predicted molar refractivity (Wildman–Crippen MR) is 214 cm³/mol. The van der Waals surface area contributed by atoms with Gasteiger partial charge in [-0.25, -0.2) is 9.97 Å². The molecule has 0 atom stereocenters. The first-order valence-electron chi connectivity index (χ1n) is 17.0. The van der Waals surface area contributed by atoms with E-state index in [9.17, 15) is 23.3 Å². The Morgan fingerprint density at radius 3 is 2.21 bits per heavy atom. The first-order valence-corrected chi connectivity index (χ1v) is 19.2. The van der Waals surface area contributed by atoms with Gasteiger partial charge in [0.1, 0.15) is 22.2 Å². The lowest BCUT2D eigenvalue weighted by Gasteiger charge is -2.09. The molecule has 0 fully saturated rings. The second kappa shape index (κ2) is 14.3. The summed E-state index contributed by atoms with van der Waals surface area (Å²) >= 11 is 1.18. The van der Waals surface area contributed by atoms with Gasteiger partial charge in [-0.1, -0.05) is 72.0 Å². The number of imidazole rings is 1. The molecule has 3 aromatic heterocycles. The lowest BCUT2D eigenvalue weighted by Crippen LogP contribution is -1.98. The third-order valence-electron chi connectivity index (χ3n) is 9.07. The molecule has 0 saturated heterocycles. The molecule has 14 nitrogen and oxygen atoms in total. The number of nitrogens with zero attached hydrogens (tertiary/aromatic N) is 10. The Bertz CT molecular complexity index is 3130. The maximum Gasteiger partial charge on any atom is 0.295 e. The molecule has 0 amide bonds. The molecular formula is C40H28N10O4S2. The summed E-state index contributed by atoms with van der Waals surface area (Å²) in [5.74, 6) is -0.172. The minimum atomic E-state index is -4.46. The smallest absolute Gasteiger partial charge is 0.295 e. The van der Waals surface area contributed by atoms with Gasteiger partial charge < -0.3 is 5.11 Å². The van der Waals surface area contributed by atoms with Crippen LogP contribution in [0, 0.1) is 32.1 Å². The first kappa shape index (κ1) is 35.9. The third kappa shape index (κ3) is 6.66. The van der Waals surface area contributed by atoms with Crippen LogP contribution in [0.15, 0.2) is 139 Å². The number of para-hydroxylation sites is 2. The van der Waals surface area contributed by atoms with E-state index >= 15 is 0 Å². The van der Waals surface area contributed by atoms with E-state index in [1.54, 1.807) is 37.3 Å². The van der Waals surface area contributed by atoms with Crippen molar-refractivity contribution in [3.05, 3.63) is 125 Å². The van der Waals surface area contributed by atoms with Gasteiger partial charge in [-0.2, -0.15) is 18.8 Å². The van der Waals surface area contributed by atoms with Gasteiger partial charge in [0, 0.05) is 16.5 Å². The third-order valence-corrected chi connectivity index (χ3v) is 10.8. The van der Waals surface area contributed by atoms with Crippen LogP contribution in [-0.4, -0.2) is 32.4 Å².